The molecule has 0 heterocycles. The highest BCUT2D eigenvalue weighted by molar-refractivity contribution is 5.29. The lowest BCUT2D eigenvalue weighted by molar-refractivity contribution is 0.539. The maximum Gasteiger partial charge on any atom is -0.0159 e. The van der Waals surface area contributed by atoms with Crippen LogP contribution in [0.1, 0.15) is 99.3 Å². The van der Waals surface area contributed by atoms with Crippen LogP contribution in [0.3, 0.4) is 0 Å². The van der Waals surface area contributed by atoms with Crippen LogP contribution in [-0.2, 0) is 0 Å². The lowest BCUT2D eigenvalue weighted by Crippen LogP contribution is -2.06. The molecule has 0 bridgehead atoms. The van der Waals surface area contributed by atoms with Gasteiger partial charge in [0, 0.05) is 0 Å². The molecule has 158 valence electrons. The first-order chi connectivity index (χ1) is 14.6. The van der Waals surface area contributed by atoms with Gasteiger partial charge < -0.3 is 0 Å². The Kier molecular flexibility index (Phi) is 8.31. The minimum atomic E-state index is 0.576. The third-order valence-corrected chi connectivity index (χ3v) is 6.88. The van der Waals surface area contributed by atoms with E-state index in [0.29, 0.717) is 23.7 Å². The predicted molar refractivity (Wildman–Crippen MR) is 131 cm³/mol. The molecule has 0 saturated heterocycles. The topological polar surface area (TPSA) is 0 Å². The molecule has 0 aromatic heterocycles. The minimum Gasteiger partial charge on any atom is -0.0648 e. The minimum absolute atomic E-state index is 0.576. The second-order valence-electron chi connectivity index (χ2n) is 8.97. The van der Waals surface area contributed by atoms with E-state index in [9.17, 15) is 0 Å². The van der Waals surface area contributed by atoms with Gasteiger partial charge in [-0.05, 0) is 71.6 Å². The molecule has 0 fully saturated rings. The Hall–Kier alpha value is -2.34. The van der Waals surface area contributed by atoms with E-state index < -0.39 is 0 Å². The van der Waals surface area contributed by atoms with Crippen LogP contribution >= 0.6 is 0 Å². The molecule has 0 radical (unpaired) electrons. The van der Waals surface area contributed by atoms with Gasteiger partial charge in [-0.3, -0.25) is 0 Å². The average molecular weight is 399 g/mol. The molecule has 0 aliphatic heterocycles. The van der Waals surface area contributed by atoms with Crippen molar-refractivity contribution in [2.75, 3.05) is 0 Å². The molecule has 4 atom stereocenters. The molecule has 30 heavy (non-hydrogen) atoms. The fourth-order valence-electron chi connectivity index (χ4n) is 4.81. The van der Waals surface area contributed by atoms with Gasteiger partial charge in [0.2, 0.25) is 0 Å². The zero-order valence-electron chi connectivity index (χ0n) is 19.2. The summed E-state index contributed by atoms with van der Waals surface area (Å²) < 4.78 is 0. The van der Waals surface area contributed by atoms with Gasteiger partial charge in [-0.1, -0.05) is 113 Å². The Morgan fingerprint density at radius 3 is 1.23 bits per heavy atom. The highest BCUT2D eigenvalue weighted by atomic mass is 14.2. The van der Waals surface area contributed by atoms with Crippen LogP contribution in [0.25, 0.3) is 0 Å². The summed E-state index contributed by atoms with van der Waals surface area (Å²) >= 11 is 0. The summed E-state index contributed by atoms with van der Waals surface area (Å²) in [6, 6.07) is 31.5. The summed E-state index contributed by atoms with van der Waals surface area (Å²) in [5.74, 6) is 2.42. The van der Waals surface area contributed by atoms with Gasteiger partial charge in [-0.15, -0.1) is 0 Å². The van der Waals surface area contributed by atoms with E-state index in [2.05, 4.69) is 113 Å². The van der Waals surface area contributed by atoms with Crippen molar-refractivity contribution in [1.82, 2.24) is 0 Å². The Morgan fingerprint density at radius 2 is 0.800 bits per heavy atom. The molecule has 0 saturated carbocycles. The first-order valence-electron chi connectivity index (χ1n) is 11.8. The quantitative estimate of drug-likeness (QED) is 0.319. The molecule has 0 amide bonds. The van der Waals surface area contributed by atoms with Crippen molar-refractivity contribution in [2.24, 2.45) is 0 Å². The van der Waals surface area contributed by atoms with E-state index >= 15 is 0 Å². The maximum absolute atomic E-state index is 2.39. The monoisotopic (exact) mass is 398 g/mol. The lowest BCUT2D eigenvalue weighted by atomic mass is 9.82. The van der Waals surface area contributed by atoms with E-state index in [1.165, 1.54) is 47.9 Å². The van der Waals surface area contributed by atoms with Gasteiger partial charge in [0.1, 0.15) is 0 Å². The van der Waals surface area contributed by atoms with Crippen molar-refractivity contribution >= 4 is 0 Å². The van der Waals surface area contributed by atoms with Gasteiger partial charge in [-0.25, -0.2) is 0 Å². The molecule has 3 aromatic rings. The van der Waals surface area contributed by atoms with Gasteiger partial charge in [0.25, 0.3) is 0 Å². The van der Waals surface area contributed by atoms with Gasteiger partial charge in [-0.2, -0.15) is 0 Å². The lowest BCUT2D eigenvalue weighted by Gasteiger charge is -2.23. The van der Waals surface area contributed by atoms with Gasteiger partial charge in [0.05, 0.1) is 0 Å². The van der Waals surface area contributed by atoms with Crippen molar-refractivity contribution in [2.45, 2.75) is 77.0 Å². The van der Waals surface area contributed by atoms with Gasteiger partial charge in [0.15, 0.2) is 0 Å². The van der Waals surface area contributed by atoms with E-state index in [1.54, 1.807) is 0 Å². The molecule has 4 unspecified atom stereocenters. The third kappa shape index (κ3) is 5.85. The summed E-state index contributed by atoms with van der Waals surface area (Å²) in [5, 5.41) is 0. The molecule has 3 rings (SSSR count). The Morgan fingerprint density at radius 1 is 0.467 bits per heavy atom. The largest absolute Gasteiger partial charge is 0.0648 e. The highest BCUT2D eigenvalue weighted by Crippen LogP contribution is 2.35. The summed E-state index contributed by atoms with van der Waals surface area (Å²) in [6.45, 7) is 9.39. The van der Waals surface area contributed by atoms with E-state index in [-0.39, 0.29) is 0 Å². The van der Waals surface area contributed by atoms with Crippen molar-refractivity contribution in [3.05, 3.63) is 107 Å². The standard InChI is InChI=1S/C30H38/c1-5-25(29-15-11-8-12-16-29)22-24(4)28-17-19-30(20-18-28)26(6-2)21-23(3)27-13-9-7-10-14-27/h7-20,23-26H,5-6,21-22H2,1-4H3. The zero-order chi connectivity index (χ0) is 21.3. The first-order valence-corrected chi connectivity index (χ1v) is 11.8. The fourth-order valence-corrected chi connectivity index (χ4v) is 4.81. The van der Waals surface area contributed by atoms with E-state index in [0.717, 1.165) is 0 Å². The van der Waals surface area contributed by atoms with Crippen molar-refractivity contribution in [3.63, 3.8) is 0 Å². The van der Waals surface area contributed by atoms with E-state index in [4.69, 9.17) is 0 Å². The second-order valence-corrected chi connectivity index (χ2v) is 8.97. The zero-order valence-corrected chi connectivity index (χ0v) is 19.2. The van der Waals surface area contributed by atoms with Gasteiger partial charge >= 0.3 is 0 Å². The highest BCUT2D eigenvalue weighted by Gasteiger charge is 2.17. The molecule has 0 aliphatic carbocycles. The van der Waals surface area contributed by atoms with Crippen molar-refractivity contribution < 1.29 is 0 Å². The molecule has 0 nitrogen and oxygen atoms in total. The molecule has 0 spiro atoms. The normalized spacial score (nSPS) is 15.3. The Labute approximate surface area is 184 Å². The summed E-state index contributed by atoms with van der Waals surface area (Å²) in [4.78, 5) is 0. The summed E-state index contributed by atoms with van der Waals surface area (Å²) in [6.07, 6.45) is 4.81. The number of hydrogen-bond donors (Lipinski definition) is 0. The molecule has 0 aliphatic rings. The van der Waals surface area contributed by atoms with Crippen LogP contribution in [0.5, 0.6) is 0 Å². The number of hydrogen-bond acceptors (Lipinski definition) is 0. The van der Waals surface area contributed by atoms with Crippen LogP contribution in [0, 0.1) is 0 Å². The van der Waals surface area contributed by atoms with Crippen LogP contribution < -0.4 is 0 Å². The summed E-state index contributed by atoms with van der Waals surface area (Å²) in [5.41, 5.74) is 5.89. The number of benzene rings is 3. The third-order valence-electron chi connectivity index (χ3n) is 6.88. The van der Waals surface area contributed by atoms with E-state index in [1.807, 2.05) is 0 Å². The molecule has 0 N–H and O–H groups in total. The molecular weight excluding hydrogens is 360 g/mol. The predicted octanol–water partition coefficient (Wildman–Crippen LogP) is 9.06. The van der Waals surface area contributed by atoms with Crippen LogP contribution in [0.4, 0.5) is 0 Å². The van der Waals surface area contributed by atoms with Crippen molar-refractivity contribution in [3.8, 4) is 0 Å². The summed E-state index contributed by atoms with van der Waals surface area (Å²) in [7, 11) is 0. The van der Waals surface area contributed by atoms with Crippen LogP contribution in [0.15, 0.2) is 84.9 Å². The molecule has 3 aromatic carbocycles. The average Bonchev–Trinajstić information content (AvgIpc) is 2.82. The second kappa shape index (κ2) is 11.2. The van der Waals surface area contributed by atoms with Crippen LogP contribution in [0.2, 0.25) is 0 Å². The molecular formula is C30H38. The van der Waals surface area contributed by atoms with Crippen LogP contribution in [-0.4, -0.2) is 0 Å². The fraction of sp³-hybridized carbons (Fsp3) is 0.400. The number of rotatable bonds is 10. The Bertz CT molecular complexity index is 848. The SMILES string of the molecule is CCC(CC(C)c1ccc(C(CC)CC(C)c2ccccc2)cc1)c1ccccc1. The first kappa shape index (κ1) is 22.3. The van der Waals surface area contributed by atoms with Crippen molar-refractivity contribution in [1.29, 1.82) is 0 Å². The molecule has 0 heteroatoms. The smallest absolute Gasteiger partial charge is 0.0159 e. The Balaban J connectivity index is 1.65. The maximum atomic E-state index is 2.39.